The monoisotopic (exact) mass is 456 g/mol. The van der Waals surface area contributed by atoms with Gasteiger partial charge in [0, 0.05) is 13.3 Å². The maximum Gasteiger partial charge on any atom is 0.302 e. The van der Waals surface area contributed by atoms with Crippen LogP contribution in [0, 0.1) is 52.3 Å². The predicted molar refractivity (Wildman–Crippen MR) is 138 cm³/mol. The summed E-state index contributed by atoms with van der Waals surface area (Å²) in [6.45, 7) is 16.6. The van der Waals surface area contributed by atoms with Crippen molar-refractivity contribution < 1.29 is 9.53 Å². The summed E-state index contributed by atoms with van der Waals surface area (Å²) in [5.74, 6) is 6.03. The quantitative estimate of drug-likeness (QED) is 0.283. The Morgan fingerprint density at radius 2 is 1.82 bits per heavy atom. The van der Waals surface area contributed by atoms with Crippen LogP contribution in [-0.4, -0.2) is 12.1 Å². The van der Waals surface area contributed by atoms with Gasteiger partial charge in [-0.05, 0) is 104 Å². The molecule has 0 amide bonds. The first-order valence-corrected chi connectivity index (χ1v) is 14.5. The number of hydrogen-bond donors (Lipinski definition) is 0. The summed E-state index contributed by atoms with van der Waals surface area (Å²) in [4.78, 5) is 11.5. The van der Waals surface area contributed by atoms with Gasteiger partial charge in [-0.1, -0.05) is 66.0 Å². The van der Waals surface area contributed by atoms with Gasteiger partial charge >= 0.3 is 5.97 Å². The highest BCUT2D eigenvalue weighted by molar-refractivity contribution is 5.66. The van der Waals surface area contributed by atoms with Crippen molar-refractivity contribution in [2.24, 2.45) is 52.3 Å². The van der Waals surface area contributed by atoms with E-state index in [2.05, 4.69) is 47.6 Å². The highest BCUT2D eigenvalue weighted by atomic mass is 16.5. The largest absolute Gasteiger partial charge is 0.462 e. The van der Waals surface area contributed by atoms with Gasteiger partial charge in [-0.2, -0.15) is 0 Å². The Bertz CT molecular complexity index is 737. The lowest BCUT2D eigenvalue weighted by molar-refractivity contribution is -0.148. The van der Waals surface area contributed by atoms with E-state index in [0.717, 1.165) is 54.3 Å². The van der Waals surface area contributed by atoms with Crippen LogP contribution in [0.25, 0.3) is 0 Å². The van der Waals surface area contributed by atoms with Gasteiger partial charge in [-0.3, -0.25) is 4.79 Å². The van der Waals surface area contributed by atoms with Gasteiger partial charge in [-0.25, -0.2) is 0 Å². The zero-order chi connectivity index (χ0) is 24.0. The minimum atomic E-state index is -0.115. The second kappa shape index (κ2) is 9.69. The molecule has 2 heteroatoms. The van der Waals surface area contributed by atoms with Gasteiger partial charge in [-0.15, -0.1) is 0 Å². The van der Waals surface area contributed by atoms with Crippen LogP contribution in [0.2, 0.25) is 0 Å². The van der Waals surface area contributed by atoms with Gasteiger partial charge < -0.3 is 4.74 Å². The van der Waals surface area contributed by atoms with Gasteiger partial charge in [0.05, 0.1) is 0 Å². The molecular formula is C31H52O2. The van der Waals surface area contributed by atoms with E-state index in [1.807, 2.05) is 0 Å². The van der Waals surface area contributed by atoms with E-state index in [-0.39, 0.29) is 12.1 Å². The van der Waals surface area contributed by atoms with E-state index >= 15 is 0 Å². The van der Waals surface area contributed by atoms with Crippen LogP contribution in [0.3, 0.4) is 0 Å². The summed E-state index contributed by atoms with van der Waals surface area (Å²) in [7, 11) is 0. The van der Waals surface area contributed by atoms with Crippen LogP contribution in [0.15, 0.2) is 11.6 Å². The maximum absolute atomic E-state index is 11.5. The van der Waals surface area contributed by atoms with Crippen LogP contribution < -0.4 is 0 Å². The van der Waals surface area contributed by atoms with Crippen molar-refractivity contribution in [3.05, 3.63) is 11.6 Å². The van der Waals surface area contributed by atoms with Crippen molar-refractivity contribution >= 4 is 5.97 Å². The summed E-state index contributed by atoms with van der Waals surface area (Å²) in [5, 5.41) is 0. The Labute approximate surface area is 204 Å². The van der Waals surface area contributed by atoms with Crippen molar-refractivity contribution in [3.63, 3.8) is 0 Å². The third-order valence-electron chi connectivity index (χ3n) is 11.6. The summed E-state index contributed by atoms with van der Waals surface area (Å²) < 4.78 is 5.63. The van der Waals surface area contributed by atoms with E-state index in [1.54, 1.807) is 12.5 Å². The molecule has 3 fully saturated rings. The van der Waals surface area contributed by atoms with Gasteiger partial charge in [0.25, 0.3) is 0 Å². The summed E-state index contributed by atoms with van der Waals surface area (Å²) >= 11 is 0. The highest BCUT2D eigenvalue weighted by Crippen LogP contribution is 2.67. The fourth-order valence-electron chi connectivity index (χ4n) is 9.63. The average molecular weight is 457 g/mol. The van der Waals surface area contributed by atoms with Crippen LogP contribution in [0.1, 0.15) is 119 Å². The Morgan fingerprint density at radius 1 is 1.06 bits per heavy atom. The molecule has 188 valence electrons. The number of esters is 1. The van der Waals surface area contributed by atoms with Crippen LogP contribution >= 0.6 is 0 Å². The minimum absolute atomic E-state index is 0.113. The molecule has 2 nitrogen and oxygen atoms in total. The van der Waals surface area contributed by atoms with Crippen molar-refractivity contribution in [3.8, 4) is 0 Å². The number of fused-ring (bicyclic) bond motifs is 5. The molecule has 3 saturated carbocycles. The molecule has 4 rings (SSSR count). The molecule has 0 aromatic carbocycles. The molecule has 0 N–H and O–H groups in total. The summed E-state index contributed by atoms with van der Waals surface area (Å²) in [6.07, 6.45) is 17.2. The molecule has 9 atom stereocenters. The number of carbonyl (C=O) groups excluding carboxylic acids is 1. The second-order valence-corrected chi connectivity index (χ2v) is 13.4. The molecular weight excluding hydrogens is 404 g/mol. The Morgan fingerprint density at radius 3 is 2.48 bits per heavy atom. The van der Waals surface area contributed by atoms with E-state index in [4.69, 9.17) is 4.74 Å². The van der Waals surface area contributed by atoms with Gasteiger partial charge in [0.1, 0.15) is 6.10 Å². The molecule has 0 spiro atoms. The van der Waals surface area contributed by atoms with Gasteiger partial charge in [0.2, 0.25) is 0 Å². The second-order valence-electron chi connectivity index (χ2n) is 13.4. The van der Waals surface area contributed by atoms with Gasteiger partial charge in [0.15, 0.2) is 0 Å². The molecule has 0 aromatic heterocycles. The molecule has 0 aromatic rings. The molecule has 0 aliphatic heterocycles. The number of rotatable bonds is 7. The van der Waals surface area contributed by atoms with Crippen molar-refractivity contribution in [2.45, 2.75) is 125 Å². The molecule has 0 heterocycles. The molecule has 0 saturated heterocycles. The topological polar surface area (TPSA) is 26.3 Å². The van der Waals surface area contributed by atoms with Crippen LogP contribution in [-0.2, 0) is 9.53 Å². The Balaban J connectivity index is 1.46. The summed E-state index contributed by atoms with van der Waals surface area (Å²) in [6, 6.07) is 0. The van der Waals surface area contributed by atoms with Crippen molar-refractivity contribution in [2.75, 3.05) is 0 Å². The van der Waals surface area contributed by atoms with Crippen molar-refractivity contribution in [1.82, 2.24) is 0 Å². The fourth-order valence-corrected chi connectivity index (χ4v) is 9.63. The average Bonchev–Trinajstić information content (AvgIpc) is 3.11. The first-order chi connectivity index (χ1) is 15.6. The van der Waals surface area contributed by atoms with E-state index < -0.39 is 0 Å². The maximum atomic E-state index is 11.5. The summed E-state index contributed by atoms with van der Waals surface area (Å²) in [5.41, 5.74) is 2.51. The lowest BCUT2D eigenvalue weighted by Gasteiger charge is -2.58. The van der Waals surface area contributed by atoms with E-state index in [1.165, 1.54) is 57.8 Å². The van der Waals surface area contributed by atoms with E-state index in [9.17, 15) is 4.79 Å². The highest BCUT2D eigenvalue weighted by Gasteiger charge is 2.59. The zero-order valence-electron chi connectivity index (χ0n) is 22.8. The normalized spacial score (nSPS) is 42.1. The molecule has 0 bridgehead atoms. The van der Waals surface area contributed by atoms with Crippen molar-refractivity contribution in [1.29, 1.82) is 0 Å². The molecule has 4 aliphatic carbocycles. The lowest BCUT2D eigenvalue weighted by atomic mass is 9.47. The molecule has 0 unspecified atom stereocenters. The minimum Gasteiger partial charge on any atom is -0.462 e. The number of hydrogen-bond acceptors (Lipinski definition) is 2. The third-order valence-corrected chi connectivity index (χ3v) is 11.6. The first-order valence-electron chi connectivity index (χ1n) is 14.5. The Hall–Kier alpha value is -0.790. The van der Waals surface area contributed by atoms with Crippen LogP contribution in [0.4, 0.5) is 0 Å². The molecule has 0 radical (unpaired) electrons. The predicted octanol–water partition coefficient (Wildman–Crippen LogP) is 8.60. The first kappa shape index (κ1) is 25.3. The number of ether oxygens (including phenoxy) is 1. The Kier molecular flexibility index (Phi) is 7.43. The standard InChI is InChI=1S/C31H52O2/c1-8-23(20(2)3)10-9-21(4)27-13-14-28-26-12-11-24-19-25(33-22(5)32)15-17-30(24,6)29(26)16-18-31(27,28)7/h11,20-21,23,25-29H,8-10,12-19H2,1-7H3/t21-,23+,25-,26+,27-,28+,29+,30-,31+/m0/s1. The van der Waals surface area contributed by atoms with Crippen LogP contribution in [0.5, 0.6) is 0 Å². The van der Waals surface area contributed by atoms with E-state index in [0.29, 0.717) is 10.8 Å². The number of allylic oxidation sites excluding steroid dienone is 1. The lowest BCUT2D eigenvalue weighted by Crippen LogP contribution is -2.51. The number of carbonyl (C=O) groups is 1. The SMILES string of the molecule is CC[C@H](CC[C@H](C)[C@@H]1CC[C@@H]2[C@H]3CC=C4C[C@@H](OC(C)=O)CC[C@]4(C)[C@@H]3CC[C@@]21C)C(C)C. The smallest absolute Gasteiger partial charge is 0.302 e. The zero-order valence-corrected chi connectivity index (χ0v) is 22.8. The molecule has 4 aliphatic rings. The third kappa shape index (κ3) is 4.58. The fraction of sp³-hybridized carbons (Fsp3) is 0.903. The molecule has 33 heavy (non-hydrogen) atoms.